The molecule has 0 saturated carbocycles. The van der Waals surface area contributed by atoms with Crippen molar-refractivity contribution in [2.24, 2.45) is 0 Å². The number of halogens is 2. The Balaban J connectivity index is 2.12. The summed E-state index contributed by atoms with van der Waals surface area (Å²) in [7, 11) is 0. The minimum Gasteiger partial charge on any atom is -0.508 e. The summed E-state index contributed by atoms with van der Waals surface area (Å²) in [5.41, 5.74) is 2.36. The molecule has 2 N–H and O–H groups in total. The molecule has 2 aromatic carbocycles. The minimum atomic E-state index is -2.84. The number of benzene rings is 2. The topological polar surface area (TPSA) is 41.5 Å². The lowest BCUT2D eigenvalue weighted by Crippen LogP contribution is -2.08. The van der Waals surface area contributed by atoms with E-state index in [1.54, 1.807) is 24.3 Å². The molecule has 0 aliphatic carbocycles. The summed E-state index contributed by atoms with van der Waals surface area (Å²) in [6.07, 6.45) is 0. The summed E-state index contributed by atoms with van der Waals surface area (Å²) in [5, 5.41) is 12.9. The number of hydrogen-bond acceptors (Lipinski definition) is 3. The lowest BCUT2D eigenvalue weighted by Gasteiger charge is -2.17. The van der Waals surface area contributed by atoms with E-state index >= 15 is 0 Å². The number of aromatic hydroxyl groups is 1. The smallest absolute Gasteiger partial charge is 0.387 e. The average molecular weight is 293 g/mol. The van der Waals surface area contributed by atoms with Crippen molar-refractivity contribution in [1.29, 1.82) is 0 Å². The van der Waals surface area contributed by atoms with E-state index in [2.05, 4.69) is 10.1 Å². The summed E-state index contributed by atoms with van der Waals surface area (Å²) in [6, 6.07) is 11.7. The number of rotatable bonds is 5. The van der Waals surface area contributed by atoms with Gasteiger partial charge in [0.05, 0.1) is 0 Å². The van der Waals surface area contributed by atoms with Crippen molar-refractivity contribution in [2.75, 3.05) is 5.32 Å². The lowest BCUT2D eigenvalue weighted by atomic mass is 10.1. The normalized spacial score (nSPS) is 12.2. The molecule has 0 radical (unpaired) electrons. The van der Waals surface area contributed by atoms with Crippen LogP contribution in [0.3, 0.4) is 0 Å². The van der Waals surface area contributed by atoms with Gasteiger partial charge in [-0.3, -0.25) is 0 Å². The molecular weight excluding hydrogens is 276 g/mol. The second-order valence-electron chi connectivity index (χ2n) is 4.82. The van der Waals surface area contributed by atoms with Gasteiger partial charge in [-0.25, -0.2) is 0 Å². The van der Waals surface area contributed by atoms with Crippen LogP contribution in [0.25, 0.3) is 0 Å². The number of aryl methyl sites for hydroxylation is 1. The first kappa shape index (κ1) is 15.1. The molecule has 1 unspecified atom stereocenters. The average Bonchev–Trinajstić information content (AvgIpc) is 2.42. The summed E-state index contributed by atoms with van der Waals surface area (Å²) in [6.45, 7) is 0.879. The van der Waals surface area contributed by atoms with Crippen molar-refractivity contribution in [3.05, 3.63) is 53.6 Å². The van der Waals surface area contributed by atoms with Crippen LogP contribution in [0, 0.1) is 6.92 Å². The third-order valence-electron chi connectivity index (χ3n) is 3.18. The van der Waals surface area contributed by atoms with Crippen LogP contribution in [0.5, 0.6) is 11.5 Å². The summed E-state index contributed by atoms with van der Waals surface area (Å²) in [4.78, 5) is 0. The molecule has 1 atom stereocenters. The predicted octanol–water partition coefficient (Wildman–Crippen LogP) is 4.48. The third kappa shape index (κ3) is 4.08. The van der Waals surface area contributed by atoms with Gasteiger partial charge in [-0.1, -0.05) is 18.2 Å². The Morgan fingerprint density at radius 3 is 2.57 bits per heavy atom. The highest BCUT2D eigenvalue weighted by Gasteiger charge is 2.09. The Labute approximate surface area is 122 Å². The molecule has 0 heterocycles. The minimum absolute atomic E-state index is 0.117. The summed E-state index contributed by atoms with van der Waals surface area (Å²) >= 11 is 0. The van der Waals surface area contributed by atoms with Crippen molar-refractivity contribution in [1.82, 2.24) is 0 Å². The maximum absolute atomic E-state index is 12.2. The van der Waals surface area contributed by atoms with E-state index in [0.717, 1.165) is 16.8 Å². The van der Waals surface area contributed by atoms with Crippen LogP contribution in [0.4, 0.5) is 14.5 Å². The Morgan fingerprint density at radius 1 is 1.14 bits per heavy atom. The van der Waals surface area contributed by atoms with E-state index < -0.39 is 6.61 Å². The molecule has 0 spiro atoms. The van der Waals surface area contributed by atoms with Crippen molar-refractivity contribution >= 4 is 5.69 Å². The van der Waals surface area contributed by atoms with Gasteiger partial charge in [0.2, 0.25) is 0 Å². The maximum Gasteiger partial charge on any atom is 0.387 e. The molecule has 0 bridgehead atoms. The zero-order valence-corrected chi connectivity index (χ0v) is 11.8. The van der Waals surface area contributed by atoms with Gasteiger partial charge in [0.25, 0.3) is 0 Å². The van der Waals surface area contributed by atoms with Crippen LogP contribution in [0.2, 0.25) is 0 Å². The molecule has 2 rings (SSSR count). The summed E-state index contributed by atoms with van der Waals surface area (Å²) in [5.74, 6) is 0.338. The molecule has 0 amide bonds. The molecule has 0 aliphatic rings. The fourth-order valence-electron chi connectivity index (χ4n) is 1.99. The maximum atomic E-state index is 12.2. The van der Waals surface area contributed by atoms with Gasteiger partial charge in [0, 0.05) is 17.8 Å². The van der Waals surface area contributed by atoms with Gasteiger partial charge >= 0.3 is 6.61 Å². The highest BCUT2D eigenvalue weighted by atomic mass is 19.3. The van der Waals surface area contributed by atoms with E-state index in [1.807, 2.05) is 26.0 Å². The van der Waals surface area contributed by atoms with Crippen molar-refractivity contribution in [2.45, 2.75) is 26.5 Å². The van der Waals surface area contributed by atoms with Gasteiger partial charge in [-0.15, -0.1) is 0 Å². The van der Waals surface area contributed by atoms with Gasteiger partial charge in [-0.2, -0.15) is 8.78 Å². The molecule has 0 aliphatic heterocycles. The van der Waals surface area contributed by atoms with E-state index in [4.69, 9.17) is 0 Å². The van der Waals surface area contributed by atoms with Crippen LogP contribution in [-0.2, 0) is 0 Å². The fourth-order valence-corrected chi connectivity index (χ4v) is 1.99. The standard InChI is InChI=1S/C16H17F2NO2/c1-10-6-7-13(9-15(10)20)19-11(2)12-4-3-5-14(8-12)21-16(17)18/h3-9,11,16,19-20H,1-2H3. The van der Waals surface area contributed by atoms with Gasteiger partial charge in [0.15, 0.2) is 0 Å². The lowest BCUT2D eigenvalue weighted by molar-refractivity contribution is -0.0498. The zero-order chi connectivity index (χ0) is 15.4. The molecule has 0 fully saturated rings. The first-order chi connectivity index (χ1) is 9.95. The molecule has 112 valence electrons. The number of alkyl halides is 2. The number of phenols is 1. The number of phenolic OH excluding ortho intramolecular Hbond substituents is 1. The second-order valence-corrected chi connectivity index (χ2v) is 4.82. The SMILES string of the molecule is Cc1ccc(NC(C)c2cccc(OC(F)F)c2)cc1O. The Kier molecular flexibility index (Phi) is 4.62. The summed E-state index contributed by atoms with van der Waals surface area (Å²) < 4.78 is 28.8. The van der Waals surface area contributed by atoms with Gasteiger partial charge in [-0.05, 0) is 43.2 Å². The van der Waals surface area contributed by atoms with Crippen molar-refractivity contribution < 1.29 is 18.6 Å². The number of nitrogens with one attached hydrogen (secondary N) is 1. The van der Waals surface area contributed by atoms with Crippen LogP contribution < -0.4 is 10.1 Å². The first-order valence-corrected chi connectivity index (χ1v) is 6.56. The first-order valence-electron chi connectivity index (χ1n) is 6.56. The fraction of sp³-hybridized carbons (Fsp3) is 0.250. The molecule has 0 aromatic heterocycles. The van der Waals surface area contributed by atoms with Crippen LogP contribution in [0.1, 0.15) is 24.1 Å². The van der Waals surface area contributed by atoms with E-state index in [9.17, 15) is 13.9 Å². The Hall–Kier alpha value is -2.30. The van der Waals surface area contributed by atoms with Crippen LogP contribution >= 0.6 is 0 Å². The van der Waals surface area contributed by atoms with Gasteiger partial charge in [0.1, 0.15) is 11.5 Å². The highest BCUT2D eigenvalue weighted by Crippen LogP contribution is 2.26. The largest absolute Gasteiger partial charge is 0.508 e. The number of anilines is 1. The molecule has 2 aromatic rings. The third-order valence-corrected chi connectivity index (χ3v) is 3.18. The number of hydrogen-bond donors (Lipinski definition) is 2. The number of ether oxygens (including phenoxy) is 1. The van der Waals surface area contributed by atoms with Crippen LogP contribution in [0.15, 0.2) is 42.5 Å². The molecule has 0 saturated heterocycles. The Morgan fingerprint density at radius 2 is 1.90 bits per heavy atom. The molecular formula is C16H17F2NO2. The molecule has 3 nitrogen and oxygen atoms in total. The van der Waals surface area contributed by atoms with E-state index in [0.29, 0.717) is 0 Å². The molecule has 5 heteroatoms. The van der Waals surface area contributed by atoms with Crippen LogP contribution in [-0.4, -0.2) is 11.7 Å². The quantitative estimate of drug-likeness (QED) is 0.854. The van der Waals surface area contributed by atoms with Gasteiger partial charge < -0.3 is 15.2 Å². The highest BCUT2D eigenvalue weighted by molar-refractivity contribution is 5.52. The Bertz CT molecular complexity index is 617. The van der Waals surface area contributed by atoms with E-state index in [-0.39, 0.29) is 17.5 Å². The van der Waals surface area contributed by atoms with Crippen molar-refractivity contribution in [3.8, 4) is 11.5 Å². The predicted molar refractivity (Wildman–Crippen MR) is 78.0 cm³/mol. The van der Waals surface area contributed by atoms with Crippen molar-refractivity contribution in [3.63, 3.8) is 0 Å². The molecule has 21 heavy (non-hydrogen) atoms. The van der Waals surface area contributed by atoms with E-state index in [1.165, 1.54) is 6.07 Å². The zero-order valence-electron chi connectivity index (χ0n) is 11.8. The second kappa shape index (κ2) is 6.43. The monoisotopic (exact) mass is 293 g/mol.